The van der Waals surface area contributed by atoms with Crippen LogP contribution in [0.1, 0.15) is 30.9 Å². The maximum Gasteiger partial charge on any atom is 0.226 e. The number of rotatable bonds is 4. The van der Waals surface area contributed by atoms with E-state index in [1.807, 2.05) is 47.4 Å². The number of carbonyl (C=O) groups is 1. The molecule has 1 saturated heterocycles. The van der Waals surface area contributed by atoms with Crippen molar-refractivity contribution in [2.75, 3.05) is 13.1 Å². The fourth-order valence-electron chi connectivity index (χ4n) is 3.40. The van der Waals surface area contributed by atoms with Crippen LogP contribution in [0.3, 0.4) is 0 Å². The Balaban J connectivity index is 1.28. The van der Waals surface area contributed by atoms with E-state index in [1.165, 1.54) is 0 Å². The lowest BCUT2D eigenvalue weighted by Crippen LogP contribution is -2.42. The number of hydrogen-bond donors (Lipinski definition) is 0. The van der Waals surface area contributed by atoms with Crippen LogP contribution in [0.25, 0.3) is 0 Å². The van der Waals surface area contributed by atoms with Gasteiger partial charge in [0.2, 0.25) is 5.91 Å². The van der Waals surface area contributed by atoms with Gasteiger partial charge in [-0.15, -0.1) is 0 Å². The highest BCUT2D eigenvalue weighted by Gasteiger charge is 2.47. The zero-order valence-electron chi connectivity index (χ0n) is 13.1. The molecule has 1 aliphatic heterocycles. The molecule has 4 heteroatoms. The SMILES string of the molecule is O=C([C@@H]1C[C@@H]1c1ccco1)N1CCC(Oc2ccccc2)CC1. The minimum absolute atomic E-state index is 0.118. The predicted octanol–water partition coefficient (Wildman–Crippen LogP) is 3.45. The highest BCUT2D eigenvalue weighted by atomic mass is 16.5. The molecule has 23 heavy (non-hydrogen) atoms. The molecule has 1 aromatic carbocycles. The summed E-state index contributed by atoms with van der Waals surface area (Å²) in [5.41, 5.74) is 0. The quantitative estimate of drug-likeness (QED) is 0.868. The number of likely N-dealkylation sites (tertiary alicyclic amines) is 1. The fourth-order valence-corrected chi connectivity index (χ4v) is 3.40. The van der Waals surface area contributed by atoms with Crippen LogP contribution in [0, 0.1) is 5.92 Å². The molecule has 0 unspecified atom stereocenters. The average molecular weight is 311 g/mol. The van der Waals surface area contributed by atoms with Crippen LogP contribution >= 0.6 is 0 Å². The Morgan fingerprint density at radius 1 is 1.09 bits per heavy atom. The van der Waals surface area contributed by atoms with E-state index < -0.39 is 0 Å². The molecule has 2 fully saturated rings. The number of piperidine rings is 1. The smallest absolute Gasteiger partial charge is 0.226 e. The van der Waals surface area contributed by atoms with E-state index in [-0.39, 0.29) is 23.8 Å². The van der Waals surface area contributed by atoms with Gasteiger partial charge in [-0.25, -0.2) is 0 Å². The summed E-state index contributed by atoms with van der Waals surface area (Å²) in [6.45, 7) is 1.58. The minimum Gasteiger partial charge on any atom is -0.490 e. The molecule has 0 radical (unpaired) electrons. The van der Waals surface area contributed by atoms with Gasteiger partial charge in [0.25, 0.3) is 0 Å². The summed E-state index contributed by atoms with van der Waals surface area (Å²) in [7, 11) is 0. The van der Waals surface area contributed by atoms with Gasteiger partial charge >= 0.3 is 0 Å². The molecule has 0 N–H and O–H groups in total. The third kappa shape index (κ3) is 3.11. The van der Waals surface area contributed by atoms with E-state index >= 15 is 0 Å². The van der Waals surface area contributed by atoms with Gasteiger partial charge in [0, 0.05) is 37.8 Å². The van der Waals surface area contributed by atoms with Crippen molar-refractivity contribution in [3.05, 3.63) is 54.5 Å². The zero-order valence-corrected chi connectivity index (χ0v) is 13.1. The van der Waals surface area contributed by atoms with Gasteiger partial charge in [-0.05, 0) is 30.7 Å². The van der Waals surface area contributed by atoms with E-state index in [9.17, 15) is 4.79 Å². The molecular formula is C19H21NO3. The van der Waals surface area contributed by atoms with Crippen LogP contribution in [0.5, 0.6) is 5.75 Å². The highest BCUT2D eigenvalue weighted by Crippen LogP contribution is 2.48. The first-order valence-electron chi connectivity index (χ1n) is 8.35. The van der Waals surface area contributed by atoms with Crippen molar-refractivity contribution in [2.24, 2.45) is 5.92 Å². The first-order chi connectivity index (χ1) is 11.3. The number of nitrogens with zero attached hydrogens (tertiary/aromatic N) is 1. The second-order valence-corrected chi connectivity index (χ2v) is 6.42. The molecule has 0 bridgehead atoms. The number of amides is 1. The standard InChI is InChI=1S/C19H21NO3/c21-19(17-13-16(17)18-7-4-12-22-18)20-10-8-15(9-11-20)23-14-5-2-1-3-6-14/h1-7,12,15-17H,8-11,13H2/t16-,17+/m0/s1. The second-order valence-electron chi connectivity index (χ2n) is 6.42. The lowest BCUT2D eigenvalue weighted by molar-refractivity contribution is -0.134. The molecule has 2 atom stereocenters. The summed E-state index contributed by atoms with van der Waals surface area (Å²) in [6.07, 6.45) is 4.62. The van der Waals surface area contributed by atoms with Crippen molar-refractivity contribution in [3.8, 4) is 5.75 Å². The topological polar surface area (TPSA) is 42.7 Å². The summed E-state index contributed by atoms with van der Waals surface area (Å²) < 4.78 is 11.4. The van der Waals surface area contributed by atoms with Crippen molar-refractivity contribution in [1.82, 2.24) is 4.90 Å². The normalized spacial score (nSPS) is 24.4. The molecule has 4 nitrogen and oxygen atoms in total. The third-order valence-corrected chi connectivity index (χ3v) is 4.82. The van der Waals surface area contributed by atoms with Gasteiger partial charge in [0.15, 0.2) is 0 Å². The predicted molar refractivity (Wildman–Crippen MR) is 86.2 cm³/mol. The molecule has 120 valence electrons. The Hall–Kier alpha value is -2.23. The summed E-state index contributed by atoms with van der Waals surface area (Å²) >= 11 is 0. The molecule has 1 aliphatic carbocycles. The zero-order chi connectivity index (χ0) is 15.6. The maximum atomic E-state index is 12.6. The Kier molecular flexibility index (Phi) is 3.82. The van der Waals surface area contributed by atoms with Crippen LogP contribution in [0.4, 0.5) is 0 Å². The van der Waals surface area contributed by atoms with Crippen LogP contribution in [0.2, 0.25) is 0 Å². The summed E-state index contributed by atoms with van der Waals surface area (Å²) in [4.78, 5) is 14.6. The number of carbonyl (C=O) groups excluding carboxylic acids is 1. The Morgan fingerprint density at radius 3 is 2.57 bits per heavy atom. The number of benzene rings is 1. The first kappa shape index (κ1) is 14.4. The summed E-state index contributed by atoms with van der Waals surface area (Å²) in [5.74, 6) is 2.55. The highest BCUT2D eigenvalue weighted by molar-refractivity contribution is 5.83. The molecule has 2 aliphatic rings. The average Bonchev–Trinajstić information content (AvgIpc) is 3.21. The second kappa shape index (κ2) is 6.11. The van der Waals surface area contributed by atoms with Gasteiger partial charge in [0.05, 0.1) is 6.26 Å². The van der Waals surface area contributed by atoms with Crippen LogP contribution in [0.15, 0.2) is 53.1 Å². The van der Waals surface area contributed by atoms with Gasteiger partial charge in [-0.2, -0.15) is 0 Å². The minimum atomic E-state index is 0.118. The van der Waals surface area contributed by atoms with E-state index in [0.717, 1.165) is 43.9 Å². The number of ether oxygens (including phenoxy) is 1. The third-order valence-electron chi connectivity index (χ3n) is 4.82. The van der Waals surface area contributed by atoms with Crippen molar-refractivity contribution in [3.63, 3.8) is 0 Å². The molecule has 2 aromatic rings. The molecular weight excluding hydrogens is 290 g/mol. The van der Waals surface area contributed by atoms with Gasteiger partial charge in [-0.1, -0.05) is 18.2 Å². The Morgan fingerprint density at radius 2 is 1.87 bits per heavy atom. The molecule has 1 amide bonds. The van der Waals surface area contributed by atoms with Crippen molar-refractivity contribution < 1.29 is 13.9 Å². The van der Waals surface area contributed by atoms with Crippen molar-refractivity contribution in [2.45, 2.75) is 31.3 Å². The van der Waals surface area contributed by atoms with Crippen molar-refractivity contribution >= 4 is 5.91 Å². The lowest BCUT2D eigenvalue weighted by atomic mass is 10.1. The number of furan rings is 1. The van der Waals surface area contributed by atoms with E-state index in [0.29, 0.717) is 0 Å². The Labute approximate surface area is 136 Å². The van der Waals surface area contributed by atoms with Crippen LogP contribution < -0.4 is 4.74 Å². The first-order valence-corrected chi connectivity index (χ1v) is 8.35. The van der Waals surface area contributed by atoms with Crippen LogP contribution in [-0.2, 0) is 4.79 Å². The number of para-hydroxylation sites is 1. The van der Waals surface area contributed by atoms with Gasteiger partial charge in [-0.3, -0.25) is 4.79 Å². The Bertz CT molecular complexity index is 645. The summed E-state index contributed by atoms with van der Waals surface area (Å²) in [6, 6.07) is 13.8. The molecule has 1 saturated carbocycles. The molecule has 0 spiro atoms. The van der Waals surface area contributed by atoms with Crippen molar-refractivity contribution in [1.29, 1.82) is 0 Å². The van der Waals surface area contributed by atoms with Crippen LogP contribution in [-0.4, -0.2) is 30.0 Å². The van der Waals surface area contributed by atoms with Gasteiger partial charge in [0.1, 0.15) is 17.6 Å². The largest absolute Gasteiger partial charge is 0.490 e. The fraction of sp³-hybridized carbons (Fsp3) is 0.421. The van der Waals surface area contributed by atoms with E-state index in [1.54, 1.807) is 6.26 Å². The molecule has 1 aromatic heterocycles. The summed E-state index contributed by atoms with van der Waals surface area (Å²) in [5, 5.41) is 0. The van der Waals surface area contributed by atoms with Gasteiger partial charge < -0.3 is 14.1 Å². The molecule has 2 heterocycles. The molecule has 4 rings (SSSR count). The number of hydrogen-bond acceptors (Lipinski definition) is 3. The lowest BCUT2D eigenvalue weighted by Gasteiger charge is -2.32. The van der Waals surface area contributed by atoms with E-state index in [4.69, 9.17) is 9.15 Å². The van der Waals surface area contributed by atoms with E-state index in [2.05, 4.69) is 0 Å². The maximum absolute atomic E-state index is 12.6. The monoisotopic (exact) mass is 311 g/mol.